The Balaban J connectivity index is 1.33. The van der Waals surface area contributed by atoms with Crippen molar-refractivity contribution in [3.05, 3.63) is 156 Å². The van der Waals surface area contributed by atoms with Crippen LogP contribution in [-0.4, -0.2) is 96.6 Å². The standard InChI is InChI=1S/C45H54O11/c1-2-3-16-25-50-44-39(48)41(38(47)36(26-46)54-44)56-45-43(53-30-35-23-14-7-15-24-35)42(52-29-34-21-12-6-13-22-34)40(51-28-33-19-10-5-11-20-33)37(55-45)31-49-27-32-17-8-4-9-18-32/h2,4-15,17-24,36-48H,1,3,16,25-31H2/t36-,37-,38+,39-,40+,41+,42+,43-,44-,45-/m1/s1. The highest BCUT2D eigenvalue weighted by Crippen LogP contribution is 2.35. The van der Waals surface area contributed by atoms with Crippen LogP contribution in [0.2, 0.25) is 0 Å². The predicted octanol–water partition coefficient (Wildman–Crippen LogP) is 5.49. The predicted molar refractivity (Wildman–Crippen MR) is 208 cm³/mol. The molecular formula is C45H54O11. The molecule has 2 fully saturated rings. The van der Waals surface area contributed by atoms with Crippen molar-refractivity contribution < 1.29 is 53.2 Å². The molecule has 56 heavy (non-hydrogen) atoms. The summed E-state index contributed by atoms with van der Waals surface area (Å²) in [5, 5.41) is 33.2. The Hall–Kier alpha value is -3.82. The second-order valence-corrected chi connectivity index (χ2v) is 13.9. The van der Waals surface area contributed by atoms with Crippen LogP contribution in [-0.2, 0) is 64.3 Å². The maximum Gasteiger partial charge on any atom is 0.187 e. The molecule has 0 unspecified atom stereocenters. The van der Waals surface area contributed by atoms with E-state index in [0.717, 1.165) is 22.3 Å². The van der Waals surface area contributed by atoms with Crippen LogP contribution >= 0.6 is 0 Å². The highest BCUT2D eigenvalue weighted by molar-refractivity contribution is 5.16. The Bertz CT molecular complexity index is 1670. The monoisotopic (exact) mass is 770 g/mol. The largest absolute Gasteiger partial charge is 0.394 e. The van der Waals surface area contributed by atoms with Gasteiger partial charge in [-0.3, -0.25) is 0 Å². The van der Waals surface area contributed by atoms with E-state index in [-0.39, 0.29) is 33.0 Å². The highest BCUT2D eigenvalue weighted by atomic mass is 16.7. The maximum absolute atomic E-state index is 11.6. The van der Waals surface area contributed by atoms with Gasteiger partial charge in [0.05, 0.1) is 46.2 Å². The first-order valence-corrected chi connectivity index (χ1v) is 19.3. The van der Waals surface area contributed by atoms with Crippen molar-refractivity contribution in [1.82, 2.24) is 0 Å². The van der Waals surface area contributed by atoms with Gasteiger partial charge >= 0.3 is 0 Å². The van der Waals surface area contributed by atoms with Crippen LogP contribution < -0.4 is 0 Å². The van der Waals surface area contributed by atoms with Crippen molar-refractivity contribution >= 4 is 0 Å². The zero-order chi connectivity index (χ0) is 39.0. The van der Waals surface area contributed by atoms with Crippen LogP contribution in [0.1, 0.15) is 35.1 Å². The molecule has 0 saturated carbocycles. The Kier molecular flexibility index (Phi) is 16.6. The van der Waals surface area contributed by atoms with Gasteiger partial charge in [-0.2, -0.15) is 0 Å². The van der Waals surface area contributed by atoms with E-state index in [1.807, 2.05) is 121 Å². The molecule has 4 aromatic rings. The molecule has 6 rings (SSSR count). The number of ether oxygens (including phenoxy) is 8. The zero-order valence-corrected chi connectivity index (χ0v) is 31.6. The fourth-order valence-corrected chi connectivity index (χ4v) is 6.79. The van der Waals surface area contributed by atoms with Crippen molar-refractivity contribution in [2.24, 2.45) is 0 Å². The average Bonchev–Trinajstić information content (AvgIpc) is 3.24. The Labute approximate surface area is 329 Å². The highest BCUT2D eigenvalue weighted by Gasteiger charge is 2.53. The van der Waals surface area contributed by atoms with Gasteiger partial charge in [0, 0.05) is 0 Å². The van der Waals surface area contributed by atoms with Crippen molar-refractivity contribution in [3.63, 3.8) is 0 Å². The van der Waals surface area contributed by atoms with E-state index in [0.29, 0.717) is 19.4 Å². The maximum atomic E-state index is 11.6. The number of allylic oxidation sites excluding steroid dienone is 1. The fraction of sp³-hybridized carbons (Fsp3) is 0.422. The molecule has 2 heterocycles. The summed E-state index contributed by atoms with van der Waals surface area (Å²) < 4.78 is 51.5. The minimum Gasteiger partial charge on any atom is -0.394 e. The van der Waals surface area contributed by atoms with Crippen LogP contribution in [0.15, 0.2) is 134 Å². The number of rotatable bonds is 21. The summed E-state index contributed by atoms with van der Waals surface area (Å²) in [5.41, 5.74) is 3.79. The Morgan fingerprint density at radius 3 is 1.54 bits per heavy atom. The first kappa shape index (κ1) is 41.8. The molecule has 3 N–H and O–H groups in total. The van der Waals surface area contributed by atoms with Crippen molar-refractivity contribution in [2.45, 2.75) is 101 Å². The number of aliphatic hydroxyl groups excluding tert-OH is 3. The number of hydrogen-bond acceptors (Lipinski definition) is 11. The van der Waals surface area contributed by atoms with Crippen LogP contribution in [0, 0.1) is 0 Å². The summed E-state index contributed by atoms with van der Waals surface area (Å²) in [7, 11) is 0. The molecule has 0 aliphatic carbocycles. The van der Waals surface area contributed by atoms with Crippen LogP contribution in [0.25, 0.3) is 0 Å². The van der Waals surface area contributed by atoms with E-state index in [4.69, 9.17) is 37.9 Å². The molecule has 0 radical (unpaired) electrons. The Morgan fingerprint density at radius 1 is 0.536 bits per heavy atom. The lowest BCUT2D eigenvalue weighted by Gasteiger charge is -2.48. The molecule has 11 heteroatoms. The van der Waals surface area contributed by atoms with Gasteiger partial charge in [-0.15, -0.1) is 6.58 Å². The average molecular weight is 771 g/mol. The molecule has 4 aromatic carbocycles. The van der Waals surface area contributed by atoms with Gasteiger partial charge in [0.15, 0.2) is 12.6 Å². The minimum atomic E-state index is -1.45. The van der Waals surface area contributed by atoms with Gasteiger partial charge in [0.25, 0.3) is 0 Å². The third-order valence-corrected chi connectivity index (χ3v) is 9.79. The summed E-state index contributed by atoms with van der Waals surface area (Å²) in [6.45, 7) is 4.54. The molecule has 2 saturated heterocycles. The van der Waals surface area contributed by atoms with E-state index in [9.17, 15) is 15.3 Å². The first-order chi connectivity index (χ1) is 27.5. The van der Waals surface area contributed by atoms with Gasteiger partial charge in [0.2, 0.25) is 0 Å². The summed E-state index contributed by atoms with van der Waals surface area (Å²) in [4.78, 5) is 0. The summed E-state index contributed by atoms with van der Waals surface area (Å²) in [6.07, 6.45) is -7.76. The van der Waals surface area contributed by atoms with Gasteiger partial charge in [0.1, 0.15) is 48.8 Å². The summed E-state index contributed by atoms with van der Waals surface area (Å²) in [6, 6.07) is 39.1. The van der Waals surface area contributed by atoms with Crippen LogP contribution in [0.3, 0.4) is 0 Å². The number of aliphatic hydroxyl groups is 3. The molecule has 0 spiro atoms. The Morgan fingerprint density at radius 2 is 1.02 bits per heavy atom. The summed E-state index contributed by atoms with van der Waals surface area (Å²) >= 11 is 0. The third-order valence-electron chi connectivity index (χ3n) is 9.79. The fourth-order valence-electron chi connectivity index (χ4n) is 6.79. The molecule has 0 amide bonds. The smallest absolute Gasteiger partial charge is 0.187 e. The van der Waals surface area contributed by atoms with Gasteiger partial charge < -0.3 is 53.2 Å². The molecule has 2 aliphatic heterocycles. The molecular weight excluding hydrogens is 716 g/mol. The summed E-state index contributed by atoms with van der Waals surface area (Å²) in [5.74, 6) is 0. The SMILES string of the molecule is C=CCCCO[C@@H]1O[C@H](CO)[C@H](O)[C@H](O[C@H]2O[C@H](COCc3ccccc3)[C@H](OCc3ccccc3)[C@H](OCc3ccccc3)[C@H]2OCc2ccccc2)[C@H]1O. The molecule has 11 nitrogen and oxygen atoms in total. The molecule has 0 bridgehead atoms. The van der Waals surface area contributed by atoms with Crippen LogP contribution in [0.5, 0.6) is 0 Å². The lowest BCUT2D eigenvalue weighted by molar-refractivity contribution is -0.371. The van der Waals surface area contributed by atoms with Crippen molar-refractivity contribution in [1.29, 1.82) is 0 Å². The van der Waals surface area contributed by atoms with Gasteiger partial charge in [-0.25, -0.2) is 0 Å². The van der Waals surface area contributed by atoms with E-state index in [1.165, 1.54) is 0 Å². The number of benzene rings is 4. The lowest BCUT2D eigenvalue weighted by Crippen LogP contribution is -2.66. The normalized spacial score (nSPS) is 27.8. The molecule has 10 atom stereocenters. The van der Waals surface area contributed by atoms with E-state index >= 15 is 0 Å². The second-order valence-electron chi connectivity index (χ2n) is 13.9. The van der Waals surface area contributed by atoms with E-state index in [1.54, 1.807) is 6.08 Å². The lowest BCUT2D eigenvalue weighted by atomic mass is 9.96. The quantitative estimate of drug-likeness (QED) is 0.0734. The number of hydrogen-bond donors (Lipinski definition) is 3. The first-order valence-electron chi connectivity index (χ1n) is 19.3. The minimum absolute atomic E-state index is 0.0952. The molecule has 0 aromatic heterocycles. The molecule has 300 valence electrons. The van der Waals surface area contributed by atoms with E-state index < -0.39 is 68.0 Å². The van der Waals surface area contributed by atoms with Crippen molar-refractivity contribution in [2.75, 3.05) is 19.8 Å². The zero-order valence-electron chi connectivity index (χ0n) is 31.6. The van der Waals surface area contributed by atoms with Crippen molar-refractivity contribution in [3.8, 4) is 0 Å². The van der Waals surface area contributed by atoms with Gasteiger partial charge in [-0.1, -0.05) is 127 Å². The van der Waals surface area contributed by atoms with Gasteiger partial charge in [-0.05, 0) is 35.1 Å². The van der Waals surface area contributed by atoms with E-state index in [2.05, 4.69) is 6.58 Å². The number of unbranched alkanes of at least 4 members (excludes halogenated alkanes) is 1. The third kappa shape index (κ3) is 11.9. The molecule has 2 aliphatic rings. The second kappa shape index (κ2) is 22.2. The topological polar surface area (TPSA) is 135 Å². The van der Waals surface area contributed by atoms with Crippen LogP contribution in [0.4, 0.5) is 0 Å².